The van der Waals surface area contributed by atoms with Crippen molar-refractivity contribution < 1.29 is 24.6 Å². The molecule has 0 spiro atoms. The Hall–Kier alpha value is -1.63. The maximum Gasteiger partial charge on any atom is 0.326 e. The quantitative estimate of drug-likeness (QED) is 0.612. The number of amides is 1. The zero-order chi connectivity index (χ0) is 18.7. The summed E-state index contributed by atoms with van der Waals surface area (Å²) < 4.78 is 0. The van der Waals surface area contributed by atoms with Crippen molar-refractivity contribution >= 4 is 17.8 Å². The van der Waals surface area contributed by atoms with Crippen LogP contribution in [-0.4, -0.2) is 57.1 Å². The van der Waals surface area contributed by atoms with E-state index in [4.69, 9.17) is 0 Å². The molecule has 2 rings (SSSR count). The largest absolute Gasteiger partial charge is 0.480 e. The maximum absolute atomic E-state index is 12.9. The molecule has 7 heteroatoms. The zero-order valence-corrected chi connectivity index (χ0v) is 15.3. The molecule has 1 heterocycles. The van der Waals surface area contributed by atoms with Gasteiger partial charge in [0.2, 0.25) is 5.91 Å². The van der Waals surface area contributed by atoms with Gasteiger partial charge in [-0.3, -0.25) is 14.9 Å². The molecule has 7 nitrogen and oxygen atoms in total. The van der Waals surface area contributed by atoms with Crippen molar-refractivity contribution in [3.8, 4) is 0 Å². The van der Waals surface area contributed by atoms with Crippen molar-refractivity contribution in [1.29, 1.82) is 0 Å². The standard InChI is InChI=1S/C18H30N2O5/c1-10(2)7-8-13(17(22)23)19-11(3)16(21)20-14-6-4-5-12(14)9-15(20)18(24)25/h10-15,19H,4-9H2,1-3H3,(H,22,23)(H,24,25)/t11-,12-,13-,14-,15-/m0/s1. The molecule has 1 aliphatic carbocycles. The number of nitrogens with zero attached hydrogens (tertiary/aromatic N) is 1. The monoisotopic (exact) mass is 354 g/mol. The number of nitrogens with one attached hydrogen (secondary N) is 1. The number of rotatable bonds is 8. The van der Waals surface area contributed by atoms with Crippen molar-refractivity contribution in [2.45, 2.75) is 83.5 Å². The summed E-state index contributed by atoms with van der Waals surface area (Å²) in [6.07, 6.45) is 4.51. The Labute approximate surface area is 148 Å². The molecule has 1 amide bonds. The van der Waals surface area contributed by atoms with E-state index >= 15 is 0 Å². The highest BCUT2D eigenvalue weighted by Crippen LogP contribution is 2.41. The second-order valence-electron chi connectivity index (χ2n) is 7.84. The van der Waals surface area contributed by atoms with Crippen LogP contribution in [0.15, 0.2) is 0 Å². The summed E-state index contributed by atoms with van der Waals surface area (Å²) in [6.45, 7) is 5.68. The average Bonchev–Trinajstić information content (AvgIpc) is 3.10. The molecule has 1 aliphatic heterocycles. The number of aliphatic carboxylic acids is 2. The number of carbonyl (C=O) groups excluding carboxylic acids is 1. The van der Waals surface area contributed by atoms with E-state index in [0.29, 0.717) is 18.8 Å². The van der Waals surface area contributed by atoms with Gasteiger partial charge in [0.15, 0.2) is 0 Å². The van der Waals surface area contributed by atoms with E-state index in [2.05, 4.69) is 5.32 Å². The Morgan fingerprint density at radius 3 is 2.36 bits per heavy atom. The summed E-state index contributed by atoms with van der Waals surface area (Å²) in [5.74, 6) is -1.60. The van der Waals surface area contributed by atoms with E-state index in [1.54, 1.807) is 6.92 Å². The number of carboxylic acid groups (broad SMARTS) is 2. The Bertz CT molecular complexity index is 522. The highest BCUT2D eigenvalue weighted by atomic mass is 16.4. The first-order chi connectivity index (χ1) is 11.7. The number of hydrogen-bond donors (Lipinski definition) is 3. The first-order valence-corrected chi connectivity index (χ1v) is 9.26. The normalized spacial score (nSPS) is 28.0. The van der Waals surface area contributed by atoms with Gasteiger partial charge in [-0.15, -0.1) is 0 Å². The molecule has 0 radical (unpaired) electrons. The molecule has 0 bridgehead atoms. The number of hydrogen-bond acceptors (Lipinski definition) is 4. The lowest BCUT2D eigenvalue weighted by Gasteiger charge is -2.31. The van der Waals surface area contributed by atoms with Crippen LogP contribution >= 0.6 is 0 Å². The SMILES string of the molecule is CC(C)CC[C@H](N[C@@H](C)C(=O)N1[C@H](C(=O)O)C[C@@H]2CCC[C@@H]21)C(=O)O. The highest BCUT2D eigenvalue weighted by molar-refractivity contribution is 5.88. The van der Waals surface area contributed by atoms with Crippen molar-refractivity contribution in [3.63, 3.8) is 0 Å². The summed E-state index contributed by atoms with van der Waals surface area (Å²) in [5.41, 5.74) is 0. The third kappa shape index (κ3) is 4.51. The smallest absolute Gasteiger partial charge is 0.326 e. The zero-order valence-electron chi connectivity index (χ0n) is 15.3. The van der Waals surface area contributed by atoms with Crippen LogP contribution in [0.4, 0.5) is 0 Å². The molecule has 25 heavy (non-hydrogen) atoms. The number of carboxylic acids is 2. The lowest BCUT2D eigenvalue weighted by molar-refractivity contribution is -0.151. The van der Waals surface area contributed by atoms with E-state index in [0.717, 1.165) is 25.7 Å². The summed E-state index contributed by atoms with van der Waals surface area (Å²) in [5, 5.41) is 21.8. The molecule has 5 atom stereocenters. The third-order valence-electron chi connectivity index (χ3n) is 5.53. The van der Waals surface area contributed by atoms with E-state index < -0.39 is 30.1 Å². The fourth-order valence-corrected chi connectivity index (χ4v) is 4.20. The van der Waals surface area contributed by atoms with Crippen LogP contribution < -0.4 is 5.32 Å². The number of fused-ring (bicyclic) bond motifs is 1. The molecule has 0 aromatic rings. The Morgan fingerprint density at radius 1 is 1.12 bits per heavy atom. The molecular formula is C18H30N2O5. The summed E-state index contributed by atoms with van der Waals surface area (Å²) >= 11 is 0. The Morgan fingerprint density at radius 2 is 1.80 bits per heavy atom. The molecule has 3 N–H and O–H groups in total. The molecule has 1 saturated carbocycles. The van der Waals surface area contributed by atoms with Crippen molar-refractivity contribution in [1.82, 2.24) is 10.2 Å². The van der Waals surface area contributed by atoms with Crippen molar-refractivity contribution in [2.24, 2.45) is 11.8 Å². The van der Waals surface area contributed by atoms with Crippen molar-refractivity contribution in [3.05, 3.63) is 0 Å². The molecule has 142 valence electrons. The Balaban J connectivity index is 2.06. The maximum atomic E-state index is 12.9. The second kappa shape index (κ2) is 8.17. The predicted molar refractivity (Wildman–Crippen MR) is 92.1 cm³/mol. The van der Waals surface area contributed by atoms with Gasteiger partial charge in [0, 0.05) is 6.04 Å². The first-order valence-electron chi connectivity index (χ1n) is 9.26. The number of likely N-dealkylation sites (tertiary alicyclic amines) is 1. The van der Waals surface area contributed by atoms with Gasteiger partial charge in [-0.2, -0.15) is 0 Å². The van der Waals surface area contributed by atoms with Gasteiger partial charge in [0.1, 0.15) is 12.1 Å². The van der Waals surface area contributed by atoms with Crippen LogP contribution in [0.5, 0.6) is 0 Å². The van der Waals surface area contributed by atoms with E-state index in [1.165, 1.54) is 4.90 Å². The van der Waals surface area contributed by atoms with Crippen LogP contribution in [0.2, 0.25) is 0 Å². The van der Waals surface area contributed by atoms with Gasteiger partial charge in [0.05, 0.1) is 6.04 Å². The molecule has 2 fully saturated rings. The van der Waals surface area contributed by atoms with Gasteiger partial charge < -0.3 is 15.1 Å². The van der Waals surface area contributed by atoms with Crippen molar-refractivity contribution in [2.75, 3.05) is 0 Å². The summed E-state index contributed by atoms with van der Waals surface area (Å²) in [7, 11) is 0. The van der Waals surface area contributed by atoms with Crippen LogP contribution in [0.25, 0.3) is 0 Å². The third-order valence-corrected chi connectivity index (χ3v) is 5.53. The van der Waals surface area contributed by atoms with Crippen LogP contribution in [0, 0.1) is 11.8 Å². The van der Waals surface area contributed by atoms with Crippen LogP contribution in [0.1, 0.15) is 59.3 Å². The van der Waals surface area contributed by atoms with Gasteiger partial charge in [0.25, 0.3) is 0 Å². The van der Waals surface area contributed by atoms with E-state index in [9.17, 15) is 24.6 Å². The minimum atomic E-state index is -0.977. The second-order valence-corrected chi connectivity index (χ2v) is 7.84. The minimum Gasteiger partial charge on any atom is -0.480 e. The fraction of sp³-hybridized carbons (Fsp3) is 0.833. The van der Waals surface area contributed by atoms with Gasteiger partial charge in [-0.05, 0) is 50.9 Å². The summed E-state index contributed by atoms with van der Waals surface area (Å²) in [6, 6.07) is -2.32. The van der Waals surface area contributed by atoms with Gasteiger partial charge in [-0.1, -0.05) is 20.3 Å². The van der Waals surface area contributed by atoms with Crippen LogP contribution in [0.3, 0.4) is 0 Å². The lowest BCUT2D eigenvalue weighted by Crippen LogP contribution is -2.55. The molecule has 0 aromatic heterocycles. The van der Waals surface area contributed by atoms with Crippen LogP contribution in [-0.2, 0) is 14.4 Å². The average molecular weight is 354 g/mol. The minimum absolute atomic E-state index is 0.0169. The van der Waals surface area contributed by atoms with Gasteiger partial charge >= 0.3 is 11.9 Å². The molecular weight excluding hydrogens is 324 g/mol. The van der Waals surface area contributed by atoms with Gasteiger partial charge in [-0.25, -0.2) is 4.79 Å². The summed E-state index contributed by atoms with van der Waals surface area (Å²) in [4.78, 5) is 37.5. The molecule has 2 aliphatic rings. The predicted octanol–water partition coefficient (Wildman–Crippen LogP) is 1.71. The Kier molecular flexibility index (Phi) is 6.43. The lowest BCUT2D eigenvalue weighted by atomic mass is 10.0. The van der Waals surface area contributed by atoms with E-state index in [-0.39, 0.29) is 17.9 Å². The van der Waals surface area contributed by atoms with E-state index in [1.807, 2.05) is 13.8 Å². The first kappa shape index (κ1) is 19.7. The molecule has 1 saturated heterocycles. The number of carbonyl (C=O) groups is 3. The molecule has 0 aromatic carbocycles. The highest BCUT2D eigenvalue weighted by Gasteiger charge is 2.49. The molecule has 0 unspecified atom stereocenters. The topological polar surface area (TPSA) is 107 Å². The fourth-order valence-electron chi connectivity index (χ4n) is 4.20.